The fourth-order valence-electron chi connectivity index (χ4n) is 2.07. The number of carbonyl (C=O) groups excluding carboxylic acids is 1. The van der Waals surface area contributed by atoms with Gasteiger partial charge in [-0.15, -0.1) is 0 Å². The number of carbonyl (C=O) groups is 1. The summed E-state index contributed by atoms with van der Waals surface area (Å²) >= 11 is 0. The van der Waals surface area contributed by atoms with E-state index in [1.165, 1.54) is 18.3 Å². The molecule has 4 nitrogen and oxygen atoms in total. The van der Waals surface area contributed by atoms with Gasteiger partial charge in [-0.1, -0.05) is 30.3 Å². The zero-order valence-electron chi connectivity index (χ0n) is 12.2. The Hall–Kier alpha value is -3.21. The molecule has 0 atom stereocenters. The average Bonchev–Trinajstić information content (AvgIpc) is 2.58. The first-order chi connectivity index (χ1) is 11.2. The van der Waals surface area contributed by atoms with E-state index in [9.17, 15) is 9.18 Å². The van der Waals surface area contributed by atoms with Crippen LogP contribution in [-0.4, -0.2) is 10.9 Å². The van der Waals surface area contributed by atoms with Gasteiger partial charge in [-0.3, -0.25) is 9.78 Å². The highest BCUT2D eigenvalue weighted by Gasteiger charge is 2.10. The van der Waals surface area contributed by atoms with E-state index in [4.69, 9.17) is 0 Å². The maximum atomic E-state index is 13.6. The molecule has 3 rings (SSSR count). The quantitative estimate of drug-likeness (QED) is 0.759. The van der Waals surface area contributed by atoms with Gasteiger partial charge in [0.15, 0.2) is 0 Å². The van der Waals surface area contributed by atoms with Crippen LogP contribution in [0.25, 0.3) is 0 Å². The van der Waals surface area contributed by atoms with Crippen molar-refractivity contribution >= 4 is 23.0 Å². The van der Waals surface area contributed by atoms with E-state index in [1.807, 2.05) is 30.3 Å². The molecule has 114 valence electrons. The van der Waals surface area contributed by atoms with Gasteiger partial charge in [0.25, 0.3) is 5.91 Å². The highest BCUT2D eigenvalue weighted by Crippen LogP contribution is 2.18. The summed E-state index contributed by atoms with van der Waals surface area (Å²) in [6.07, 6.45) is 1.53. The standard InChI is InChI=1S/C18H14FN3O/c19-15-8-4-5-9-16(15)22-18(23)17-12-14(10-11-20-17)21-13-6-2-1-3-7-13/h1-12H,(H,20,21)(H,22,23). The predicted octanol–water partition coefficient (Wildman–Crippen LogP) is 4.22. The number of aromatic nitrogens is 1. The molecule has 0 saturated carbocycles. The number of nitrogens with zero attached hydrogens (tertiary/aromatic N) is 1. The topological polar surface area (TPSA) is 54.0 Å². The van der Waals surface area contributed by atoms with Gasteiger partial charge in [-0.25, -0.2) is 4.39 Å². The molecule has 5 heteroatoms. The van der Waals surface area contributed by atoms with Crippen LogP contribution in [0, 0.1) is 5.82 Å². The van der Waals surface area contributed by atoms with Crippen LogP contribution < -0.4 is 10.6 Å². The van der Waals surface area contributed by atoms with Crippen molar-refractivity contribution in [1.82, 2.24) is 4.98 Å². The SMILES string of the molecule is O=C(Nc1ccccc1F)c1cc(Nc2ccccc2)ccn1. The lowest BCUT2D eigenvalue weighted by Crippen LogP contribution is -2.14. The second kappa shape index (κ2) is 6.70. The number of para-hydroxylation sites is 2. The van der Waals surface area contributed by atoms with Gasteiger partial charge in [0.05, 0.1) is 5.69 Å². The summed E-state index contributed by atoms with van der Waals surface area (Å²) in [6.45, 7) is 0. The normalized spacial score (nSPS) is 10.1. The number of pyridine rings is 1. The van der Waals surface area contributed by atoms with Crippen LogP contribution in [0.4, 0.5) is 21.5 Å². The van der Waals surface area contributed by atoms with Crippen molar-refractivity contribution in [2.45, 2.75) is 0 Å². The molecule has 0 spiro atoms. The number of hydrogen-bond donors (Lipinski definition) is 2. The Morgan fingerprint density at radius 3 is 2.43 bits per heavy atom. The molecule has 1 heterocycles. The third kappa shape index (κ3) is 3.71. The Morgan fingerprint density at radius 1 is 0.913 bits per heavy atom. The third-order valence-electron chi connectivity index (χ3n) is 3.18. The molecule has 2 aromatic carbocycles. The Balaban J connectivity index is 1.77. The van der Waals surface area contributed by atoms with Gasteiger partial charge in [0.1, 0.15) is 11.5 Å². The van der Waals surface area contributed by atoms with Crippen molar-refractivity contribution in [2.75, 3.05) is 10.6 Å². The van der Waals surface area contributed by atoms with Crippen LogP contribution >= 0.6 is 0 Å². The molecule has 0 aliphatic rings. The van der Waals surface area contributed by atoms with Crippen molar-refractivity contribution in [1.29, 1.82) is 0 Å². The molecule has 0 unspecified atom stereocenters. The van der Waals surface area contributed by atoms with Gasteiger partial charge in [-0.2, -0.15) is 0 Å². The van der Waals surface area contributed by atoms with Crippen molar-refractivity contribution in [3.8, 4) is 0 Å². The zero-order chi connectivity index (χ0) is 16.1. The molecule has 0 radical (unpaired) electrons. The lowest BCUT2D eigenvalue weighted by molar-refractivity contribution is 0.102. The summed E-state index contributed by atoms with van der Waals surface area (Å²) in [6, 6.07) is 19.0. The molecular formula is C18H14FN3O. The molecular weight excluding hydrogens is 293 g/mol. The van der Waals surface area contributed by atoms with Crippen LogP contribution in [0.2, 0.25) is 0 Å². The maximum absolute atomic E-state index is 13.6. The lowest BCUT2D eigenvalue weighted by atomic mass is 10.2. The number of anilines is 3. The average molecular weight is 307 g/mol. The lowest BCUT2D eigenvalue weighted by Gasteiger charge is -2.09. The van der Waals surface area contributed by atoms with Gasteiger partial charge in [0.2, 0.25) is 0 Å². The summed E-state index contributed by atoms with van der Waals surface area (Å²) in [5, 5.41) is 5.69. The summed E-state index contributed by atoms with van der Waals surface area (Å²) in [4.78, 5) is 16.2. The molecule has 0 bridgehead atoms. The van der Waals surface area contributed by atoms with Crippen molar-refractivity contribution in [3.05, 3.63) is 84.4 Å². The van der Waals surface area contributed by atoms with Gasteiger partial charge >= 0.3 is 0 Å². The largest absolute Gasteiger partial charge is 0.355 e. The van der Waals surface area contributed by atoms with Crippen LogP contribution in [0.3, 0.4) is 0 Å². The number of halogens is 1. The molecule has 1 amide bonds. The Labute approximate surface area is 133 Å². The first kappa shape index (κ1) is 14.7. The Bertz CT molecular complexity index is 821. The molecule has 0 fully saturated rings. The number of amides is 1. The minimum atomic E-state index is -0.487. The molecule has 23 heavy (non-hydrogen) atoms. The first-order valence-electron chi connectivity index (χ1n) is 7.06. The third-order valence-corrected chi connectivity index (χ3v) is 3.18. The fourth-order valence-corrected chi connectivity index (χ4v) is 2.07. The maximum Gasteiger partial charge on any atom is 0.274 e. The second-order valence-corrected chi connectivity index (χ2v) is 4.85. The van der Waals surface area contributed by atoms with Gasteiger partial charge < -0.3 is 10.6 Å². The first-order valence-corrected chi connectivity index (χ1v) is 7.06. The molecule has 0 aliphatic heterocycles. The van der Waals surface area contributed by atoms with E-state index < -0.39 is 11.7 Å². The molecule has 1 aromatic heterocycles. The zero-order valence-corrected chi connectivity index (χ0v) is 12.2. The van der Waals surface area contributed by atoms with E-state index in [2.05, 4.69) is 15.6 Å². The van der Waals surface area contributed by atoms with Gasteiger partial charge in [0, 0.05) is 17.6 Å². The molecule has 2 N–H and O–H groups in total. The fraction of sp³-hybridized carbons (Fsp3) is 0. The van der Waals surface area contributed by atoms with E-state index in [-0.39, 0.29) is 11.4 Å². The van der Waals surface area contributed by atoms with E-state index in [0.717, 1.165) is 11.4 Å². The molecule has 0 saturated heterocycles. The van der Waals surface area contributed by atoms with Crippen molar-refractivity contribution < 1.29 is 9.18 Å². The molecule has 0 aliphatic carbocycles. The summed E-state index contributed by atoms with van der Waals surface area (Å²) in [7, 11) is 0. The van der Waals surface area contributed by atoms with Crippen LogP contribution in [-0.2, 0) is 0 Å². The number of rotatable bonds is 4. The van der Waals surface area contributed by atoms with E-state index in [0.29, 0.717) is 0 Å². The highest BCUT2D eigenvalue weighted by molar-refractivity contribution is 6.03. The minimum Gasteiger partial charge on any atom is -0.355 e. The van der Waals surface area contributed by atoms with Crippen molar-refractivity contribution in [2.24, 2.45) is 0 Å². The number of benzene rings is 2. The summed E-state index contributed by atoms with van der Waals surface area (Å²) in [5.74, 6) is -0.953. The number of hydrogen-bond acceptors (Lipinski definition) is 3. The second-order valence-electron chi connectivity index (χ2n) is 4.85. The highest BCUT2D eigenvalue weighted by atomic mass is 19.1. The molecule has 3 aromatic rings. The minimum absolute atomic E-state index is 0.126. The van der Waals surface area contributed by atoms with Crippen LogP contribution in [0.5, 0.6) is 0 Å². The smallest absolute Gasteiger partial charge is 0.274 e. The van der Waals surface area contributed by atoms with Crippen molar-refractivity contribution in [3.63, 3.8) is 0 Å². The summed E-state index contributed by atoms with van der Waals surface area (Å²) < 4.78 is 13.6. The number of nitrogens with one attached hydrogen (secondary N) is 2. The van der Waals surface area contributed by atoms with E-state index in [1.54, 1.807) is 24.3 Å². The Morgan fingerprint density at radius 2 is 1.65 bits per heavy atom. The monoisotopic (exact) mass is 307 g/mol. The van der Waals surface area contributed by atoms with Crippen LogP contribution in [0.15, 0.2) is 72.9 Å². The van der Waals surface area contributed by atoms with Crippen LogP contribution in [0.1, 0.15) is 10.5 Å². The van der Waals surface area contributed by atoms with E-state index >= 15 is 0 Å². The Kier molecular flexibility index (Phi) is 4.29. The van der Waals surface area contributed by atoms with Gasteiger partial charge in [-0.05, 0) is 36.4 Å². The summed E-state index contributed by atoms with van der Waals surface area (Å²) in [5.41, 5.74) is 1.96. The predicted molar refractivity (Wildman–Crippen MR) is 88.3 cm³/mol.